The van der Waals surface area contributed by atoms with Crippen LogP contribution in [-0.4, -0.2) is 30.9 Å². The molecule has 1 N–H and O–H groups in total. The molecule has 0 saturated heterocycles. The Labute approximate surface area is 107 Å². The molecular weight excluding hydrogens is 228 g/mol. The van der Waals surface area contributed by atoms with Gasteiger partial charge in [0.1, 0.15) is 12.2 Å². The highest BCUT2D eigenvalue weighted by Gasteiger charge is 2.03. The van der Waals surface area contributed by atoms with Crippen molar-refractivity contribution in [3.63, 3.8) is 0 Å². The molecule has 0 aliphatic carbocycles. The number of aromatic nitrogens is 5. The van der Waals surface area contributed by atoms with Crippen molar-refractivity contribution in [2.24, 2.45) is 7.05 Å². The molecule has 0 aliphatic rings. The van der Waals surface area contributed by atoms with Crippen molar-refractivity contribution in [3.8, 4) is 0 Å². The normalized spacial score (nSPS) is 10.8. The second-order valence-corrected chi connectivity index (χ2v) is 4.33. The number of hydrogen-bond donors (Lipinski definition) is 1. The van der Waals surface area contributed by atoms with Crippen LogP contribution in [-0.2, 0) is 20.0 Å². The Kier molecular flexibility index (Phi) is 4.33. The first-order chi connectivity index (χ1) is 8.81. The Hall–Kier alpha value is -1.85. The van der Waals surface area contributed by atoms with E-state index in [9.17, 15) is 0 Å². The van der Waals surface area contributed by atoms with Gasteiger partial charge in [0.2, 0.25) is 5.95 Å². The van der Waals surface area contributed by atoms with Gasteiger partial charge in [-0.15, -0.1) is 10.2 Å². The Balaban J connectivity index is 1.83. The van der Waals surface area contributed by atoms with Gasteiger partial charge in [0.25, 0.3) is 0 Å². The quantitative estimate of drug-likeness (QED) is 0.806. The summed E-state index contributed by atoms with van der Waals surface area (Å²) in [7, 11) is 1.96. The van der Waals surface area contributed by atoms with E-state index in [0.717, 1.165) is 31.3 Å². The molecule has 18 heavy (non-hydrogen) atoms. The second-order valence-electron chi connectivity index (χ2n) is 4.33. The Bertz CT molecular complexity index is 472. The first-order valence-corrected chi connectivity index (χ1v) is 6.39. The van der Waals surface area contributed by atoms with E-state index in [-0.39, 0.29) is 0 Å². The largest absolute Gasteiger partial charge is 0.355 e. The maximum absolute atomic E-state index is 4.32. The van der Waals surface area contributed by atoms with Gasteiger partial charge in [-0.1, -0.05) is 13.3 Å². The van der Waals surface area contributed by atoms with Crippen LogP contribution in [0.4, 0.5) is 5.95 Å². The summed E-state index contributed by atoms with van der Waals surface area (Å²) in [6, 6.07) is 0. The molecule has 6 nitrogen and oxygen atoms in total. The molecule has 2 heterocycles. The number of rotatable bonds is 7. The third-order valence-corrected chi connectivity index (χ3v) is 2.90. The van der Waals surface area contributed by atoms with Crippen LogP contribution in [0, 0.1) is 0 Å². The standard InChI is InChI=1S/C12H20N6/c1-3-4-8-18-9-7-14-12(18)13-6-5-11-16-15-10-17(11)2/h7,9-10H,3-6,8H2,1-2H3,(H,13,14). The Morgan fingerprint density at radius 3 is 3.00 bits per heavy atom. The Morgan fingerprint density at radius 2 is 2.28 bits per heavy atom. The van der Waals surface area contributed by atoms with Crippen LogP contribution in [0.15, 0.2) is 18.7 Å². The van der Waals surface area contributed by atoms with Crippen molar-refractivity contribution in [3.05, 3.63) is 24.5 Å². The summed E-state index contributed by atoms with van der Waals surface area (Å²) in [6.07, 6.45) is 8.78. The minimum Gasteiger partial charge on any atom is -0.355 e. The van der Waals surface area contributed by atoms with Crippen molar-refractivity contribution in [1.82, 2.24) is 24.3 Å². The van der Waals surface area contributed by atoms with Gasteiger partial charge in [-0.05, 0) is 6.42 Å². The van der Waals surface area contributed by atoms with E-state index in [1.165, 1.54) is 12.8 Å². The van der Waals surface area contributed by atoms with E-state index in [1.807, 2.05) is 24.0 Å². The maximum atomic E-state index is 4.32. The summed E-state index contributed by atoms with van der Waals surface area (Å²) >= 11 is 0. The SMILES string of the molecule is CCCCn1ccnc1NCCc1nncn1C. The van der Waals surface area contributed by atoms with E-state index in [0.29, 0.717) is 0 Å². The summed E-state index contributed by atoms with van der Waals surface area (Å²) in [6.45, 7) is 4.02. The Morgan fingerprint density at radius 1 is 1.39 bits per heavy atom. The van der Waals surface area contributed by atoms with Crippen LogP contribution in [0.3, 0.4) is 0 Å². The van der Waals surface area contributed by atoms with Gasteiger partial charge in [0.05, 0.1) is 0 Å². The molecule has 2 rings (SSSR count). The average molecular weight is 248 g/mol. The van der Waals surface area contributed by atoms with E-state index in [1.54, 1.807) is 6.33 Å². The lowest BCUT2D eigenvalue weighted by Crippen LogP contribution is -2.12. The van der Waals surface area contributed by atoms with Crippen molar-refractivity contribution < 1.29 is 0 Å². The van der Waals surface area contributed by atoms with Gasteiger partial charge < -0.3 is 14.5 Å². The van der Waals surface area contributed by atoms with E-state index in [4.69, 9.17) is 0 Å². The highest BCUT2D eigenvalue weighted by atomic mass is 15.3. The zero-order chi connectivity index (χ0) is 12.8. The molecule has 0 spiro atoms. The van der Waals surface area contributed by atoms with Crippen LogP contribution in [0.5, 0.6) is 0 Å². The summed E-state index contributed by atoms with van der Waals surface area (Å²) in [5, 5.41) is 11.3. The highest BCUT2D eigenvalue weighted by molar-refractivity contribution is 5.25. The summed E-state index contributed by atoms with van der Waals surface area (Å²) in [5.74, 6) is 1.92. The van der Waals surface area contributed by atoms with Crippen molar-refractivity contribution >= 4 is 5.95 Å². The van der Waals surface area contributed by atoms with E-state index in [2.05, 4.69) is 32.0 Å². The fraction of sp³-hybridized carbons (Fsp3) is 0.583. The summed E-state index contributed by atoms with van der Waals surface area (Å²) in [5.41, 5.74) is 0. The van der Waals surface area contributed by atoms with Crippen LogP contribution >= 0.6 is 0 Å². The number of imidazole rings is 1. The molecule has 6 heteroatoms. The molecule has 0 atom stereocenters. The molecule has 0 radical (unpaired) electrons. The predicted octanol–water partition coefficient (Wildman–Crippen LogP) is 1.47. The third kappa shape index (κ3) is 3.09. The molecule has 98 valence electrons. The van der Waals surface area contributed by atoms with Gasteiger partial charge in [-0.3, -0.25) is 0 Å². The van der Waals surface area contributed by atoms with Gasteiger partial charge >= 0.3 is 0 Å². The van der Waals surface area contributed by atoms with Crippen LogP contribution in [0.2, 0.25) is 0 Å². The van der Waals surface area contributed by atoms with Gasteiger partial charge in [-0.2, -0.15) is 0 Å². The molecule has 0 saturated carbocycles. The zero-order valence-corrected chi connectivity index (χ0v) is 11.0. The van der Waals surface area contributed by atoms with Crippen molar-refractivity contribution in [2.75, 3.05) is 11.9 Å². The fourth-order valence-corrected chi connectivity index (χ4v) is 1.80. The van der Waals surface area contributed by atoms with Gasteiger partial charge in [-0.25, -0.2) is 4.98 Å². The minimum absolute atomic E-state index is 0.815. The highest BCUT2D eigenvalue weighted by Crippen LogP contribution is 2.06. The van der Waals surface area contributed by atoms with Crippen molar-refractivity contribution in [1.29, 1.82) is 0 Å². The lowest BCUT2D eigenvalue weighted by Gasteiger charge is -2.08. The number of nitrogens with zero attached hydrogens (tertiary/aromatic N) is 5. The van der Waals surface area contributed by atoms with Crippen LogP contribution in [0.1, 0.15) is 25.6 Å². The number of hydrogen-bond acceptors (Lipinski definition) is 4. The minimum atomic E-state index is 0.815. The summed E-state index contributed by atoms with van der Waals surface area (Å²) < 4.78 is 4.09. The number of aryl methyl sites for hydroxylation is 2. The molecule has 0 unspecified atom stereocenters. The van der Waals surface area contributed by atoms with Crippen molar-refractivity contribution in [2.45, 2.75) is 32.7 Å². The van der Waals surface area contributed by atoms with E-state index < -0.39 is 0 Å². The first kappa shape index (κ1) is 12.6. The predicted molar refractivity (Wildman–Crippen MR) is 70.3 cm³/mol. The molecule has 2 aromatic heterocycles. The van der Waals surface area contributed by atoms with Gasteiger partial charge in [0, 0.05) is 39.0 Å². The van der Waals surface area contributed by atoms with E-state index >= 15 is 0 Å². The average Bonchev–Trinajstić information content (AvgIpc) is 2.97. The van der Waals surface area contributed by atoms with Crippen LogP contribution in [0.25, 0.3) is 0 Å². The lowest BCUT2D eigenvalue weighted by atomic mass is 10.3. The fourth-order valence-electron chi connectivity index (χ4n) is 1.80. The smallest absolute Gasteiger partial charge is 0.202 e. The molecule has 0 aliphatic heterocycles. The third-order valence-electron chi connectivity index (χ3n) is 2.90. The number of nitrogens with one attached hydrogen (secondary N) is 1. The second kappa shape index (κ2) is 6.18. The molecule has 2 aromatic rings. The molecule has 0 aromatic carbocycles. The molecule has 0 amide bonds. The maximum Gasteiger partial charge on any atom is 0.202 e. The number of anilines is 1. The van der Waals surface area contributed by atoms with Crippen LogP contribution < -0.4 is 5.32 Å². The lowest BCUT2D eigenvalue weighted by molar-refractivity contribution is 0.634. The molecular formula is C12H20N6. The molecule has 0 fully saturated rings. The number of unbranched alkanes of at least 4 members (excludes halogenated alkanes) is 1. The topological polar surface area (TPSA) is 60.6 Å². The summed E-state index contributed by atoms with van der Waals surface area (Å²) in [4.78, 5) is 4.32. The first-order valence-electron chi connectivity index (χ1n) is 6.39. The van der Waals surface area contributed by atoms with Gasteiger partial charge in [0.15, 0.2) is 0 Å². The monoisotopic (exact) mass is 248 g/mol. The zero-order valence-electron chi connectivity index (χ0n) is 11.0. The molecule has 0 bridgehead atoms.